The number of amides is 1. The number of nitrogens with zero attached hydrogens (tertiary/aromatic N) is 1. The highest BCUT2D eigenvalue weighted by molar-refractivity contribution is 6.30. The van der Waals surface area contributed by atoms with E-state index >= 15 is 0 Å². The summed E-state index contributed by atoms with van der Waals surface area (Å²) in [4.78, 5) is 12.3. The monoisotopic (exact) mass is 436 g/mol. The van der Waals surface area contributed by atoms with Crippen LogP contribution >= 0.6 is 11.6 Å². The Morgan fingerprint density at radius 2 is 1.74 bits per heavy atom. The molecule has 6 heteroatoms. The van der Waals surface area contributed by atoms with Crippen LogP contribution in [-0.4, -0.2) is 18.7 Å². The van der Waals surface area contributed by atoms with Gasteiger partial charge in [0.15, 0.2) is 0 Å². The van der Waals surface area contributed by atoms with Crippen LogP contribution in [0.3, 0.4) is 0 Å². The summed E-state index contributed by atoms with van der Waals surface area (Å²) >= 11 is 5.89. The number of halogens is 1. The molecule has 0 atom stereocenters. The van der Waals surface area contributed by atoms with E-state index < -0.39 is 0 Å². The van der Waals surface area contributed by atoms with Crippen LogP contribution in [0.15, 0.2) is 77.9 Å². The summed E-state index contributed by atoms with van der Waals surface area (Å²) in [6.45, 7) is 3.19. The van der Waals surface area contributed by atoms with Crippen LogP contribution in [0.25, 0.3) is 0 Å². The molecule has 0 saturated heterocycles. The maximum Gasteiger partial charge on any atom is 0.271 e. The molecule has 0 heterocycles. The maximum absolute atomic E-state index is 12.3. The number of nitrogens with one attached hydrogen (secondary N) is 1. The molecule has 0 aliphatic heterocycles. The van der Waals surface area contributed by atoms with Crippen molar-refractivity contribution in [3.8, 4) is 11.5 Å². The summed E-state index contributed by atoms with van der Waals surface area (Å²) in [6, 6.07) is 22.0. The van der Waals surface area contributed by atoms with Gasteiger partial charge in [0, 0.05) is 16.1 Å². The Bertz CT molecular complexity index is 1000. The van der Waals surface area contributed by atoms with E-state index in [-0.39, 0.29) is 5.91 Å². The number of hydrogen-bond acceptors (Lipinski definition) is 4. The van der Waals surface area contributed by atoms with E-state index in [4.69, 9.17) is 21.1 Å². The first-order valence-corrected chi connectivity index (χ1v) is 10.6. The van der Waals surface area contributed by atoms with Gasteiger partial charge in [-0.1, -0.05) is 49.2 Å². The number of hydrogen-bond donors (Lipinski definition) is 1. The summed E-state index contributed by atoms with van der Waals surface area (Å²) in [5.74, 6) is 1.12. The molecule has 0 unspecified atom stereocenters. The van der Waals surface area contributed by atoms with Gasteiger partial charge in [0.05, 0.1) is 12.8 Å². The second-order valence-corrected chi connectivity index (χ2v) is 7.31. The summed E-state index contributed by atoms with van der Waals surface area (Å²) < 4.78 is 11.5. The molecule has 1 amide bonds. The summed E-state index contributed by atoms with van der Waals surface area (Å²) in [6.07, 6.45) is 3.64. The fraction of sp³-hybridized carbons (Fsp3) is 0.200. The van der Waals surface area contributed by atoms with Gasteiger partial charge in [-0.25, -0.2) is 5.43 Å². The van der Waals surface area contributed by atoms with Gasteiger partial charge >= 0.3 is 0 Å². The highest BCUT2D eigenvalue weighted by Gasteiger charge is 2.05. The number of carbonyl (C=O) groups excluding carboxylic acids is 1. The number of ether oxygens (including phenoxy) is 2. The molecule has 0 radical (unpaired) electrons. The summed E-state index contributed by atoms with van der Waals surface area (Å²) in [5, 5.41) is 4.75. The van der Waals surface area contributed by atoms with Crippen molar-refractivity contribution in [3.05, 3.63) is 94.5 Å². The number of para-hydroxylation sites is 1. The first kappa shape index (κ1) is 22.4. The second kappa shape index (κ2) is 11.8. The quantitative estimate of drug-likeness (QED) is 0.246. The normalized spacial score (nSPS) is 10.8. The molecule has 0 aliphatic rings. The van der Waals surface area contributed by atoms with Crippen molar-refractivity contribution < 1.29 is 14.3 Å². The molecule has 0 aromatic heterocycles. The number of benzene rings is 3. The number of hydrazone groups is 1. The van der Waals surface area contributed by atoms with E-state index in [1.165, 1.54) is 0 Å². The zero-order valence-electron chi connectivity index (χ0n) is 17.4. The Hall–Kier alpha value is -3.31. The van der Waals surface area contributed by atoms with Gasteiger partial charge in [-0.15, -0.1) is 0 Å². The van der Waals surface area contributed by atoms with Gasteiger partial charge in [0.1, 0.15) is 18.1 Å². The Balaban J connectivity index is 1.52. The van der Waals surface area contributed by atoms with E-state index in [1.54, 1.807) is 30.5 Å². The molecule has 0 fully saturated rings. The van der Waals surface area contributed by atoms with Gasteiger partial charge in [-0.3, -0.25) is 4.79 Å². The molecule has 3 aromatic carbocycles. The number of carbonyl (C=O) groups is 1. The fourth-order valence-electron chi connectivity index (χ4n) is 2.72. The topological polar surface area (TPSA) is 59.9 Å². The zero-order chi connectivity index (χ0) is 21.9. The lowest BCUT2D eigenvalue weighted by atomic mass is 10.2. The maximum atomic E-state index is 12.3. The van der Waals surface area contributed by atoms with Crippen molar-refractivity contribution in [2.24, 2.45) is 5.10 Å². The van der Waals surface area contributed by atoms with Gasteiger partial charge in [0.25, 0.3) is 5.91 Å². The predicted molar refractivity (Wildman–Crippen MR) is 124 cm³/mol. The second-order valence-electron chi connectivity index (χ2n) is 6.88. The minimum atomic E-state index is -0.301. The molecule has 0 aliphatic carbocycles. The van der Waals surface area contributed by atoms with E-state index in [2.05, 4.69) is 17.5 Å². The lowest BCUT2D eigenvalue weighted by molar-refractivity contribution is 0.0955. The lowest BCUT2D eigenvalue weighted by Gasteiger charge is -2.08. The van der Waals surface area contributed by atoms with Crippen LogP contribution in [0.5, 0.6) is 11.5 Å². The van der Waals surface area contributed by atoms with Crippen molar-refractivity contribution in [1.29, 1.82) is 0 Å². The molecule has 0 bridgehead atoms. The van der Waals surface area contributed by atoms with E-state index in [1.807, 2.05) is 48.5 Å². The van der Waals surface area contributed by atoms with Crippen molar-refractivity contribution >= 4 is 23.7 Å². The highest BCUT2D eigenvalue weighted by atomic mass is 35.5. The molecular weight excluding hydrogens is 412 g/mol. The van der Waals surface area contributed by atoms with Crippen LogP contribution < -0.4 is 14.9 Å². The van der Waals surface area contributed by atoms with Crippen molar-refractivity contribution in [3.63, 3.8) is 0 Å². The highest BCUT2D eigenvalue weighted by Crippen LogP contribution is 2.17. The molecule has 160 valence electrons. The lowest BCUT2D eigenvalue weighted by Crippen LogP contribution is -2.17. The molecule has 1 N–H and O–H groups in total. The third-order valence-corrected chi connectivity index (χ3v) is 4.73. The fourth-order valence-corrected chi connectivity index (χ4v) is 2.85. The van der Waals surface area contributed by atoms with Crippen LogP contribution in [0.2, 0.25) is 5.02 Å². The van der Waals surface area contributed by atoms with E-state index in [9.17, 15) is 4.79 Å². The Morgan fingerprint density at radius 3 is 2.48 bits per heavy atom. The van der Waals surface area contributed by atoms with Crippen LogP contribution in [0.4, 0.5) is 0 Å². The van der Waals surface area contributed by atoms with E-state index in [0.717, 1.165) is 29.7 Å². The average molecular weight is 437 g/mol. The third kappa shape index (κ3) is 7.15. The molecule has 31 heavy (non-hydrogen) atoms. The Morgan fingerprint density at radius 1 is 1.00 bits per heavy atom. The van der Waals surface area contributed by atoms with Gasteiger partial charge in [-0.2, -0.15) is 5.10 Å². The first-order chi connectivity index (χ1) is 15.2. The average Bonchev–Trinajstić information content (AvgIpc) is 2.80. The molecule has 0 spiro atoms. The summed E-state index contributed by atoms with van der Waals surface area (Å²) in [7, 11) is 0. The smallest absolute Gasteiger partial charge is 0.271 e. The molecule has 5 nitrogen and oxygen atoms in total. The third-order valence-electron chi connectivity index (χ3n) is 4.48. The van der Waals surface area contributed by atoms with E-state index in [0.29, 0.717) is 29.5 Å². The van der Waals surface area contributed by atoms with Crippen molar-refractivity contribution in [2.75, 3.05) is 6.61 Å². The van der Waals surface area contributed by atoms with Gasteiger partial charge in [-0.05, 0) is 60.5 Å². The van der Waals surface area contributed by atoms with Crippen LogP contribution in [0.1, 0.15) is 41.3 Å². The number of rotatable bonds is 10. The molecular formula is C25H25ClN2O3. The molecule has 0 saturated carbocycles. The summed E-state index contributed by atoms with van der Waals surface area (Å²) in [5.41, 5.74) is 4.86. The van der Waals surface area contributed by atoms with Crippen molar-refractivity contribution in [2.45, 2.75) is 26.4 Å². The minimum absolute atomic E-state index is 0.301. The SMILES string of the molecule is CCCCOc1ccccc1/C=N/NC(=O)c1ccc(OCc2ccc(Cl)cc2)cc1. The molecule has 3 rings (SSSR count). The number of unbranched alkanes of at least 4 members (excludes halogenated alkanes) is 1. The zero-order valence-corrected chi connectivity index (χ0v) is 18.1. The minimum Gasteiger partial charge on any atom is -0.493 e. The first-order valence-electron chi connectivity index (χ1n) is 10.2. The van der Waals surface area contributed by atoms with Crippen LogP contribution in [-0.2, 0) is 6.61 Å². The van der Waals surface area contributed by atoms with Crippen LogP contribution in [0, 0.1) is 0 Å². The Kier molecular flexibility index (Phi) is 8.49. The largest absolute Gasteiger partial charge is 0.493 e. The molecule has 3 aromatic rings. The standard InChI is InChI=1S/C25H25ClN2O3/c1-2-3-16-30-24-7-5-4-6-21(24)17-27-28-25(29)20-10-14-23(15-11-20)31-18-19-8-12-22(26)13-9-19/h4-15,17H,2-3,16,18H2,1H3,(H,28,29)/b27-17+. The predicted octanol–water partition coefficient (Wildman–Crippen LogP) is 5.86. The Labute approximate surface area is 187 Å². The van der Waals surface area contributed by atoms with Gasteiger partial charge in [0.2, 0.25) is 0 Å². The van der Waals surface area contributed by atoms with Crippen molar-refractivity contribution in [1.82, 2.24) is 5.43 Å². The van der Waals surface area contributed by atoms with Gasteiger partial charge < -0.3 is 9.47 Å².